The second-order valence-corrected chi connectivity index (χ2v) is 10.6. The van der Waals surface area contributed by atoms with Crippen LogP contribution in [-0.2, 0) is 30.2 Å². The number of aliphatic hydroxyl groups is 1. The van der Waals surface area contributed by atoms with Crippen LogP contribution < -0.4 is 10.2 Å². The summed E-state index contributed by atoms with van der Waals surface area (Å²) < 4.78 is 14.5. The molecule has 8 nitrogen and oxygen atoms in total. The highest BCUT2D eigenvalue weighted by Crippen LogP contribution is 2.38. The van der Waals surface area contributed by atoms with Crippen molar-refractivity contribution < 1.29 is 9.32 Å². The van der Waals surface area contributed by atoms with Gasteiger partial charge < -0.3 is 15.3 Å². The molecule has 1 atom stereocenters. The lowest BCUT2D eigenvalue weighted by molar-refractivity contribution is 0.143. The van der Waals surface area contributed by atoms with Crippen molar-refractivity contribution in [2.75, 3.05) is 29.1 Å². The number of nitrogens with zero attached hydrogens (tertiary/aromatic N) is 5. The number of aromatic nitrogens is 4. The van der Waals surface area contributed by atoms with Crippen LogP contribution in [0.25, 0.3) is 5.52 Å². The molecule has 0 bridgehead atoms. The SMILES string of the molecule is O=[S@]1CCc2nc(N3CCc4c(nn5cc(Cl)ccc45)C3)nc(NC3(CO)CCC3)c21. The van der Waals surface area contributed by atoms with E-state index >= 15 is 0 Å². The number of aryl methyl sites for hydroxylation is 1. The third-order valence-electron chi connectivity index (χ3n) is 6.71. The molecule has 1 saturated carbocycles. The van der Waals surface area contributed by atoms with Crippen molar-refractivity contribution in [3.05, 3.63) is 40.3 Å². The van der Waals surface area contributed by atoms with Crippen molar-refractivity contribution in [2.45, 2.75) is 49.1 Å². The van der Waals surface area contributed by atoms with E-state index in [1.165, 1.54) is 5.56 Å². The Morgan fingerprint density at radius 2 is 2.10 bits per heavy atom. The minimum absolute atomic E-state index is 0.0463. The van der Waals surface area contributed by atoms with Gasteiger partial charge in [-0.2, -0.15) is 10.1 Å². The van der Waals surface area contributed by atoms with Crippen LogP contribution in [-0.4, -0.2) is 53.3 Å². The molecule has 0 unspecified atom stereocenters. The molecule has 0 radical (unpaired) electrons. The van der Waals surface area contributed by atoms with Crippen molar-refractivity contribution in [2.24, 2.45) is 0 Å². The van der Waals surface area contributed by atoms with Crippen LogP contribution in [0.2, 0.25) is 5.02 Å². The molecule has 162 valence electrons. The maximum absolute atomic E-state index is 12.6. The molecule has 0 aromatic carbocycles. The summed E-state index contributed by atoms with van der Waals surface area (Å²) in [5.74, 6) is 1.83. The fourth-order valence-electron chi connectivity index (χ4n) is 4.79. The molecule has 31 heavy (non-hydrogen) atoms. The van der Waals surface area contributed by atoms with E-state index in [1.807, 2.05) is 22.8 Å². The molecule has 10 heteroatoms. The van der Waals surface area contributed by atoms with E-state index in [0.717, 1.165) is 49.1 Å². The lowest BCUT2D eigenvalue weighted by Gasteiger charge is -2.41. The van der Waals surface area contributed by atoms with Gasteiger partial charge in [-0.1, -0.05) is 11.6 Å². The molecule has 1 fully saturated rings. The van der Waals surface area contributed by atoms with Crippen LogP contribution in [0.1, 0.15) is 36.2 Å². The molecular weight excluding hydrogens is 436 g/mol. The summed E-state index contributed by atoms with van der Waals surface area (Å²) in [4.78, 5) is 12.5. The molecule has 2 N–H and O–H groups in total. The Hall–Kier alpha value is -2.23. The number of pyridine rings is 1. The molecule has 5 heterocycles. The molecule has 6 rings (SSSR count). The molecule has 3 aromatic rings. The van der Waals surface area contributed by atoms with Gasteiger partial charge >= 0.3 is 0 Å². The van der Waals surface area contributed by atoms with Crippen molar-refractivity contribution in [1.82, 2.24) is 19.6 Å². The van der Waals surface area contributed by atoms with Gasteiger partial charge in [-0.15, -0.1) is 0 Å². The van der Waals surface area contributed by atoms with Crippen molar-refractivity contribution >= 4 is 39.7 Å². The number of fused-ring (bicyclic) bond motifs is 4. The molecular formula is C21H23ClN6O2S. The van der Waals surface area contributed by atoms with E-state index in [9.17, 15) is 9.32 Å². The first-order chi connectivity index (χ1) is 15.0. The lowest BCUT2D eigenvalue weighted by atomic mass is 9.77. The molecule has 3 aromatic heterocycles. The lowest BCUT2D eigenvalue weighted by Crippen LogP contribution is -2.48. The van der Waals surface area contributed by atoms with Gasteiger partial charge in [-0.25, -0.2) is 9.50 Å². The van der Waals surface area contributed by atoms with Crippen molar-refractivity contribution in [3.8, 4) is 0 Å². The highest BCUT2D eigenvalue weighted by Gasteiger charge is 2.39. The zero-order chi connectivity index (χ0) is 21.2. The largest absolute Gasteiger partial charge is 0.394 e. The van der Waals surface area contributed by atoms with Crippen LogP contribution >= 0.6 is 11.6 Å². The van der Waals surface area contributed by atoms with Crippen LogP contribution in [0.5, 0.6) is 0 Å². The monoisotopic (exact) mass is 458 g/mol. The highest BCUT2D eigenvalue weighted by atomic mass is 35.5. The summed E-state index contributed by atoms with van der Waals surface area (Å²) in [5, 5.41) is 18.7. The number of aliphatic hydroxyl groups excluding tert-OH is 1. The smallest absolute Gasteiger partial charge is 0.227 e. The molecule has 2 aliphatic heterocycles. The van der Waals surface area contributed by atoms with E-state index in [-0.39, 0.29) is 12.1 Å². The quantitative estimate of drug-likeness (QED) is 0.619. The van der Waals surface area contributed by atoms with Gasteiger partial charge in [0.15, 0.2) is 0 Å². The van der Waals surface area contributed by atoms with Crippen LogP contribution in [0.3, 0.4) is 0 Å². The predicted octanol–water partition coefficient (Wildman–Crippen LogP) is 2.33. The topological polar surface area (TPSA) is 95.7 Å². The van der Waals surface area contributed by atoms with Gasteiger partial charge in [-0.05, 0) is 37.8 Å². The number of hydrogen-bond acceptors (Lipinski definition) is 7. The first kappa shape index (κ1) is 19.5. The summed E-state index contributed by atoms with van der Waals surface area (Å²) >= 11 is 6.13. The van der Waals surface area contributed by atoms with E-state index in [0.29, 0.717) is 40.4 Å². The Bertz CT molecular complexity index is 1220. The second kappa shape index (κ2) is 7.15. The summed E-state index contributed by atoms with van der Waals surface area (Å²) in [7, 11) is -1.10. The minimum Gasteiger partial charge on any atom is -0.394 e. The van der Waals surface area contributed by atoms with Gasteiger partial charge in [0.05, 0.1) is 51.4 Å². The van der Waals surface area contributed by atoms with Gasteiger partial charge in [0.2, 0.25) is 5.95 Å². The first-order valence-corrected chi connectivity index (χ1v) is 12.3. The van der Waals surface area contributed by atoms with Crippen molar-refractivity contribution in [3.63, 3.8) is 0 Å². The van der Waals surface area contributed by atoms with Gasteiger partial charge in [0.25, 0.3) is 0 Å². The molecule has 3 aliphatic rings. The zero-order valence-corrected chi connectivity index (χ0v) is 18.5. The van der Waals surface area contributed by atoms with Crippen LogP contribution in [0.15, 0.2) is 23.2 Å². The normalized spacial score (nSPS) is 21.6. The first-order valence-electron chi connectivity index (χ1n) is 10.6. The third kappa shape index (κ3) is 3.13. The minimum atomic E-state index is -1.10. The fourth-order valence-corrected chi connectivity index (χ4v) is 6.25. The van der Waals surface area contributed by atoms with E-state index < -0.39 is 10.8 Å². The summed E-state index contributed by atoms with van der Waals surface area (Å²) in [5.41, 5.74) is 3.82. The fraction of sp³-hybridized carbons (Fsp3) is 0.476. The van der Waals surface area contributed by atoms with Gasteiger partial charge in [-0.3, -0.25) is 4.21 Å². The Labute approximate surface area is 187 Å². The maximum Gasteiger partial charge on any atom is 0.227 e. The number of hydrogen-bond donors (Lipinski definition) is 2. The maximum atomic E-state index is 12.6. The number of nitrogens with one attached hydrogen (secondary N) is 1. The second-order valence-electron chi connectivity index (χ2n) is 8.64. The van der Waals surface area contributed by atoms with Gasteiger partial charge in [0.1, 0.15) is 10.7 Å². The average Bonchev–Trinajstić information content (AvgIpc) is 3.29. The Morgan fingerprint density at radius 1 is 1.23 bits per heavy atom. The average molecular weight is 459 g/mol. The van der Waals surface area contributed by atoms with E-state index in [4.69, 9.17) is 26.7 Å². The number of halogens is 1. The molecule has 0 saturated heterocycles. The van der Waals surface area contributed by atoms with Crippen LogP contribution in [0.4, 0.5) is 11.8 Å². The summed E-state index contributed by atoms with van der Waals surface area (Å²) in [6.45, 7) is 1.44. The standard InChI is InChI=1S/C21H23ClN6O2S/c22-13-2-3-17-14-4-8-27(11-16(14)26-28(17)10-13)20-23-15-5-9-31(30)18(15)19(24-20)25-21(12-29)6-1-7-21/h2-3,10,29H,1,4-9,11-12H2,(H,23,24,25)/t31-/m0/s1. The Kier molecular flexibility index (Phi) is 4.49. The van der Waals surface area contributed by atoms with Crippen LogP contribution in [0, 0.1) is 0 Å². The summed E-state index contributed by atoms with van der Waals surface area (Å²) in [6, 6.07) is 3.91. The Balaban J connectivity index is 1.37. The zero-order valence-electron chi connectivity index (χ0n) is 17.0. The third-order valence-corrected chi connectivity index (χ3v) is 8.39. The predicted molar refractivity (Wildman–Crippen MR) is 119 cm³/mol. The Morgan fingerprint density at radius 3 is 2.87 bits per heavy atom. The molecule has 0 amide bonds. The van der Waals surface area contributed by atoms with Crippen molar-refractivity contribution in [1.29, 1.82) is 0 Å². The molecule has 0 spiro atoms. The highest BCUT2D eigenvalue weighted by molar-refractivity contribution is 7.85. The van der Waals surface area contributed by atoms with E-state index in [2.05, 4.69) is 10.2 Å². The van der Waals surface area contributed by atoms with E-state index in [1.54, 1.807) is 0 Å². The number of rotatable bonds is 4. The summed E-state index contributed by atoms with van der Waals surface area (Å²) in [6.07, 6.45) is 6.21. The molecule has 1 aliphatic carbocycles. The number of anilines is 2. The van der Waals surface area contributed by atoms with Gasteiger partial charge in [0, 0.05) is 30.5 Å².